The second-order valence-electron chi connectivity index (χ2n) is 3.69. The number of halogens is 1. The molecule has 0 fully saturated rings. The van der Waals surface area contributed by atoms with Gasteiger partial charge in [0.25, 0.3) is 5.56 Å². The Morgan fingerprint density at radius 3 is 2.78 bits per heavy atom. The molecule has 0 saturated heterocycles. The second-order valence-corrected chi connectivity index (χ2v) is 4.10. The molecule has 2 rings (SSSR count). The van der Waals surface area contributed by atoms with Gasteiger partial charge in [-0.3, -0.25) is 23.8 Å². The minimum absolute atomic E-state index is 0.145. The first kappa shape index (κ1) is 12.3. The van der Waals surface area contributed by atoms with Gasteiger partial charge in [-0.1, -0.05) is 11.6 Å². The van der Waals surface area contributed by atoms with Crippen LogP contribution in [0.15, 0.2) is 28.2 Å². The molecule has 2 heterocycles. The van der Waals surface area contributed by atoms with Crippen molar-refractivity contribution in [3.8, 4) is 0 Å². The van der Waals surface area contributed by atoms with Crippen molar-refractivity contribution in [2.45, 2.75) is 6.54 Å². The number of carbonyl (C=O) groups excluding carboxylic acids is 1. The zero-order chi connectivity index (χ0) is 13.3. The molecule has 18 heavy (non-hydrogen) atoms. The zero-order valence-electron chi connectivity index (χ0n) is 9.38. The predicted octanol–water partition coefficient (Wildman–Crippen LogP) is -0.194. The van der Waals surface area contributed by atoms with Crippen molar-refractivity contribution in [2.75, 3.05) is 0 Å². The normalized spacial score (nSPS) is 10.6. The summed E-state index contributed by atoms with van der Waals surface area (Å²) in [7, 11) is 1.68. The number of nitrogens with one attached hydrogen (secondary N) is 1. The molecular formula is C10H9ClN4O3. The first-order chi connectivity index (χ1) is 8.47. The molecule has 0 radical (unpaired) electrons. The molecule has 0 amide bonds. The van der Waals surface area contributed by atoms with E-state index in [2.05, 4.69) is 5.10 Å². The number of H-pyrrole nitrogens is 1. The first-order valence-corrected chi connectivity index (χ1v) is 5.36. The van der Waals surface area contributed by atoms with E-state index in [1.54, 1.807) is 13.2 Å². The van der Waals surface area contributed by atoms with Crippen molar-refractivity contribution in [3.05, 3.63) is 50.0 Å². The van der Waals surface area contributed by atoms with Crippen LogP contribution < -0.4 is 11.2 Å². The number of hydrogen-bond donors (Lipinski definition) is 1. The van der Waals surface area contributed by atoms with Crippen LogP contribution in [0.3, 0.4) is 0 Å². The van der Waals surface area contributed by atoms with Gasteiger partial charge in [-0.25, -0.2) is 4.79 Å². The number of ketones is 1. The molecule has 0 aliphatic heterocycles. The minimum Gasteiger partial charge on any atom is -0.292 e. The lowest BCUT2D eigenvalue weighted by molar-refractivity contribution is 0.0970. The van der Waals surface area contributed by atoms with Crippen LogP contribution in [0.25, 0.3) is 0 Å². The van der Waals surface area contributed by atoms with Crippen molar-refractivity contribution >= 4 is 17.4 Å². The van der Waals surface area contributed by atoms with E-state index >= 15 is 0 Å². The molecule has 2 aromatic heterocycles. The van der Waals surface area contributed by atoms with Crippen molar-refractivity contribution in [3.63, 3.8) is 0 Å². The van der Waals surface area contributed by atoms with E-state index < -0.39 is 11.2 Å². The van der Waals surface area contributed by atoms with E-state index in [0.29, 0.717) is 5.56 Å². The smallest absolute Gasteiger partial charge is 0.292 e. The van der Waals surface area contributed by atoms with Crippen LogP contribution in [0.5, 0.6) is 0 Å². The van der Waals surface area contributed by atoms with Gasteiger partial charge < -0.3 is 0 Å². The van der Waals surface area contributed by atoms with E-state index in [1.165, 1.54) is 10.9 Å². The quantitative estimate of drug-likeness (QED) is 0.781. The third kappa shape index (κ3) is 2.40. The zero-order valence-corrected chi connectivity index (χ0v) is 10.1. The summed E-state index contributed by atoms with van der Waals surface area (Å²) in [5.41, 5.74) is -0.972. The Labute approximate surface area is 106 Å². The van der Waals surface area contributed by atoms with Crippen LogP contribution in [0.1, 0.15) is 10.4 Å². The first-order valence-electron chi connectivity index (χ1n) is 4.98. The number of hydrogen-bond acceptors (Lipinski definition) is 4. The van der Waals surface area contributed by atoms with Gasteiger partial charge in [0.15, 0.2) is 5.78 Å². The second kappa shape index (κ2) is 4.61. The van der Waals surface area contributed by atoms with Crippen molar-refractivity contribution in [1.29, 1.82) is 0 Å². The van der Waals surface area contributed by atoms with Crippen LogP contribution in [0.2, 0.25) is 5.02 Å². The highest BCUT2D eigenvalue weighted by Gasteiger charge is 2.11. The summed E-state index contributed by atoms with van der Waals surface area (Å²) in [5, 5.41) is 3.71. The Balaban J connectivity index is 2.30. The molecule has 2 aromatic rings. The molecule has 7 nitrogen and oxygen atoms in total. The topological polar surface area (TPSA) is 89.8 Å². The van der Waals surface area contributed by atoms with Gasteiger partial charge in [0.05, 0.1) is 18.3 Å². The summed E-state index contributed by atoms with van der Waals surface area (Å²) in [6, 6.07) is 0. The summed E-state index contributed by atoms with van der Waals surface area (Å²) >= 11 is 5.59. The van der Waals surface area contributed by atoms with Crippen molar-refractivity contribution in [1.82, 2.24) is 19.3 Å². The number of nitrogens with zero attached hydrogens (tertiary/aromatic N) is 3. The van der Waals surface area contributed by atoms with E-state index in [-0.39, 0.29) is 17.4 Å². The number of Topliss-reactive ketones (excluding diaryl/α,β-unsaturated/α-hetero) is 1. The molecule has 0 aliphatic carbocycles. The maximum absolute atomic E-state index is 11.8. The monoisotopic (exact) mass is 268 g/mol. The van der Waals surface area contributed by atoms with Crippen LogP contribution in [0, 0.1) is 0 Å². The largest absolute Gasteiger partial charge is 0.328 e. The SMILES string of the molecule is Cn1cc(C(=O)Cn2cc(Cl)c(=O)[nH]c2=O)cn1. The Bertz CT molecular complexity index is 712. The summed E-state index contributed by atoms with van der Waals surface area (Å²) < 4.78 is 2.52. The molecule has 8 heteroatoms. The molecule has 0 aromatic carbocycles. The summed E-state index contributed by atoms with van der Waals surface area (Å²) in [6.45, 7) is -0.207. The Hall–Kier alpha value is -2.15. The maximum Gasteiger partial charge on any atom is 0.328 e. The van der Waals surface area contributed by atoms with E-state index in [0.717, 1.165) is 10.8 Å². The number of aryl methyl sites for hydroxylation is 1. The summed E-state index contributed by atoms with van der Waals surface area (Å²) in [6.07, 6.45) is 4.08. The van der Waals surface area contributed by atoms with Gasteiger partial charge in [0.1, 0.15) is 5.02 Å². The van der Waals surface area contributed by atoms with E-state index in [4.69, 9.17) is 11.6 Å². The molecule has 0 unspecified atom stereocenters. The van der Waals surface area contributed by atoms with E-state index in [9.17, 15) is 14.4 Å². The lowest BCUT2D eigenvalue weighted by Crippen LogP contribution is -2.31. The molecule has 0 saturated carbocycles. The van der Waals surface area contributed by atoms with Gasteiger partial charge in [-0.15, -0.1) is 0 Å². The molecule has 0 aliphatic rings. The van der Waals surface area contributed by atoms with Crippen LogP contribution in [0.4, 0.5) is 0 Å². The number of carbonyl (C=O) groups is 1. The summed E-state index contributed by atoms with van der Waals surface area (Å²) in [4.78, 5) is 36.3. The van der Waals surface area contributed by atoms with Gasteiger partial charge in [-0.2, -0.15) is 5.10 Å². The van der Waals surface area contributed by atoms with Gasteiger partial charge >= 0.3 is 5.69 Å². The fraction of sp³-hybridized carbons (Fsp3) is 0.200. The molecule has 1 N–H and O–H groups in total. The fourth-order valence-electron chi connectivity index (χ4n) is 1.41. The van der Waals surface area contributed by atoms with Crippen LogP contribution >= 0.6 is 11.6 Å². The lowest BCUT2D eigenvalue weighted by atomic mass is 10.2. The highest BCUT2D eigenvalue weighted by molar-refractivity contribution is 6.30. The van der Waals surface area contributed by atoms with Gasteiger partial charge in [0.2, 0.25) is 0 Å². The lowest BCUT2D eigenvalue weighted by Gasteiger charge is -2.02. The van der Waals surface area contributed by atoms with Crippen molar-refractivity contribution in [2.24, 2.45) is 7.05 Å². The standard InChI is InChI=1S/C10H9ClN4O3/c1-14-3-6(2-12-14)8(16)5-15-4-7(11)9(17)13-10(15)18/h2-4H,5H2,1H3,(H,13,17,18). The Morgan fingerprint density at radius 1 is 1.44 bits per heavy atom. The van der Waals surface area contributed by atoms with E-state index in [1.807, 2.05) is 4.98 Å². The average molecular weight is 269 g/mol. The average Bonchev–Trinajstić information content (AvgIpc) is 2.73. The molecule has 0 bridgehead atoms. The van der Waals surface area contributed by atoms with Crippen LogP contribution in [-0.2, 0) is 13.6 Å². The third-order valence-corrected chi connectivity index (χ3v) is 2.58. The highest BCUT2D eigenvalue weighted by Crippen LogP contribution is 2.01. The maximum atomic E-state index is 11.8. The highest BCUT2D eigenvalue weighted by atomic mass is 35.5. The number of aromatic amines is 1. The van der Waals surface area contributed by atoms with Crippen LogP contribution in [-0.4, -0.2) is 25.1 Å². The summed E-state index contributed by atoms with van der Waals surface area (Å²) in [5.74, 6) is -0.298. The Kier molecular flexibility index (Phi) is 3.15. The van der Waals surface area contributed by atoms with Crippen molar-refractivity contribution < 1.29 is 4.79 Å². The predicted molar refractivity (Wildman–Crippen MR) is 63.9 cm³/mol. The van der Waals surface area contributed by atoms with Gasteiger partial charge in [0, 0.05) is 19.4 Å². The molecule has 0 spiro atoms. The Morgan fingerprint density at radius 2 is 2.17 bits per heavy atom. The molecule has 94 valence electrons. The number of rotatable bonds is 3. The molecular weight excluding hydrogens is 260 g/mol. The fourth-order valence-corrected chi connectivity index (χ4v) is 1.58. The number of aromatic nitrogens is 4. The van der Waals surface area contributed by atoms with Gasteiger partial charge in [-0.05, 0) is 0 Å². The molecule has 0 atom stereocenters. The third-order valence-electron chi connectivity index (χ3n) is 2.31. The minimum atomic E-state index is -0.679.